The molecule has 0 aliphatic carbocycles. The van der Waals surface area contributed by atoms with Crippen molar-refractivity contribution in [3.63, 3.8) is 0 Å². The number of halogens is 1. The molecular weight excluding hydrogens is 400 g/mol. The average Bonchev–Trinajstić information content (AvgIpc) is 2.77. The van der Waals surface area contributed by atoms with E-state index in [0.29, 0.717) is 36.1 Å². The number of carbonyl (C=O) groups is 1. The number of aromatic nitrogens is 2. The lowest BCUT2D eigenvalue weighted by molar-refractivity contribution is 0.0622. The minimum absolute atomic E-state index is 0.109. The van der Waals surface area contributed by atoms with Crippen LogP contribution in [0, 0.1) is 0 Å². The molecule has 7 heteroatoms. The van der Waals surface area contributed by atoms with Gasteiger partial charge in [-0.15, -0.1) is 0 Å². The van der Waals surface area contributed by atoms with Crippen molar-refractivity contribution < 1.29 is 4.79 Å². The summed E-state index contributed by atoms with van der Waals surface area (Å²) in [4.78, 5) is 30.1. The van der Waals surface area contributed by atoms with Crippen LogP contribution in [-0.2, 0) is 13.1 Å². The molecule has 0 N–H and O–H groups in total. The number of fused-ring (bicyclic) bond motifs is 1. The van der Waals surface area contributed by atoms with E-state index in [4.69, 9.17) is 11.6 Å². The van der Waals surface area contributed by atoms with Crippen molar-refractivity contribution in [2.45, 2.75) is 26.4 Å². The third kappa shape index (κ3) is 4.25. The fourth-order valence-electron chi connectivity index (χ4n) is 3.86. The first-order valence-corrected chi connectivity index (χ1v) is 10.7. The predicted octanol–water partition coefficient (Wildman–Crippen LogP) is 3.42. The minimum atomic E-state index is -0.142. The highest BCUT2D eigenvalue weighted by molar-refractivity contribution is 6.30. The maximum Gasteiger partial charge on any atom is 0.275 e. The number of piperazine rings is 1. The zero-order chi connectivity index (χ0) is 21.1. The monoisotopic (exact) mass is 424 g/mol. The Labute approximate surface area is 180 Å². The number of carbonyl (C=O) groups excluding carboxylic acids is 1. The Balaban J connectivity index is 1.51. The van der Waals surface area contributed by atoms with Gasteiger partial charge in [0.25, 0.3) is 11.5 Å². The quantitative estimate of drug-likeness (QED) is 0.629. The fourth-order valence-corrected chi connectivity index (χ4v) is 3.99. The van der Waals surface area contributed by atoms with Crippen LogP contribution in [0.15, 0.2) is 53.3 Å². The molecule has 2 heterocycles. The lowest BCUT2D eigenvalue weighted by Crippen LogP contribution is -2.48. The highest BCUT2D eigenvalue weighted by atomic mass is 35.5. The average molecular weight is 425 g/mol. The molecular formula is C23H25ClN4O2. The van der Waals surface area contributed by atoms with Crippen LogP contribution in [-0.4, -0.2) is 51.7 Å². The number of rotatable bonds is 5. The van der Waals surface area contributed by atoms with Gasteiger partial charge in [0.15, 0.2) is 5.69 Å². The number of benzene rings is 2. The molecule has 0 saturated carbocycles. The van der Waals surface area contributed by atoms with Gasteiger partial charge >= 0.3 is 0 Å². The molecule has 0 unspecified atom stereocenters. The Morgan fingerprint density at radius 2 is 1.67 bits per heavy atom. The number of hydrogen-bond acceptors (Lipinski definition) is 4. The summed E-state index contributed by atoms with van der Waals surface area (Å²) in [6.07, 6.45) is 0.780. The summed E-state index contributed by atoms with van der Waals surface area (Å²) in [7, 11) is 0. The van der Waals surface area contributed by atoms with E-state index in [1.54, 1.807) is 6.07 Å². The van der Waals surface area contributed by atoms with Crippen molar-refractivity contribution in [1.82, 2.24) is 19.6 Å². The van der Waals surface area contributed by atoms with Crippen molar-refractivity contribution in [3.8, 4) is 0 Å². The second-order valence-corrected chi connectivity index (χ2v) is 8.05. The van der Waals surface area contributed by atoms with Crippen LogP contribution in [0.5, 0.6) is 0 Å². The van der Waals surface area contributed by atoms with Gasteiger partial charge in [0.2, 0.25) is 0 Å². The maximum atomic E-state index is 13.3. The molecule has 0 bridgehead atoms. The SMILES string of the molecule is CCCn1nc(C(=O)N2CCN(Cc3ccc(Cl)cc3)CC2)c2ccccc2c1=O. The molecule has 0 atom stereocenters. The van der Waals surface area contributed by atoms with Gasteiger partial charge in [0, 0.05) is 49.7 Å². The summed E-state index contributed by atoms with van der Waals surface area (Å²) in [5, 5.41) is 6.36. The van der Waals surface area contributed by atoms with Crippen LogP contribution in [0.25, 0.3) is 10.8 Å². The van der Waals surface area contributed by atoms with Gasteiger partial charge in [-0.2, -0.15) is 5.10 Å². The highest BCUT2D eigenvalue weighted by Crippen LogP contribution is 2.18. The Morgan fingerprint density at radius 3 is 2.33 bits per heavy atom. The summed E-state index contributed by atoms with van der Waals surface area (Å²) >= 11 is 5.96. The van der Waals surface area contributed by atoms with Gasteiger partial charge in [0.1, 0.15) is 0 Å². The van der Waals surface area contributed by atoms with E-state index in [1.807, 2.05) is 54.3 Å². The second kappa shape index (κ2) is 8.98. The van der Waals surface area contributed by atoms with Crippen molar-refractivity contribution in [2.24, 2.45) is 0 Å². The van der Waals surface area contributed by atoms with E-state index in [-0.39, 0.29) is 11.5 Å². The third-order valence-electron chi connectivity index (χ3n) is 5.48. The highest BCUT2D eigenvalue weighted by Gasteiger charge is 2.25. The van der Waals surface area contributed by atoms with Gasteiger partial charge in [-0.25, -0.2) is 4.68 Å². The molecule has 2 aromatic carbocycles. The van der Waals surface area contributed by atoms with Gasteiger partial charge in [0.05, 0.1) is 5.39 Å². The minimum Gasteiger partial charge on any atom is -0.335 e. The Morgan fingerprint density at radius 1 is 1.00 bits per heavy atom. The van der Waals surface area contributed by atoms with Crippen molar-refractivity contribution >= 4 is 28.3 Å². The molecule has 1 aromatic heterocycles. The first-order valence-electron chi connectivity index (χ1n) is 10.3. The summed E-state index contributed by atoms with van der Waals surface area (Å²) < 4.78 is 1.42. The van der Waals surface area contributed by atoms with Crippen LogP contribution in [0.4, 0.5) is 0 Å². The van der Waals surface area contributed by atoms with Crippen LogP contribution in [0.3, 0.4) is 0 Å². The van der Waals surface area contributed by atoms with E-state index in [1.165, 1.54) is 10.2 Å². The number of amides is 1. The Kier molecular flexibility index (Phi) is 6.16. The molecule has 1 saturated heterocycles. The molecule has 0 radical (unpaired) electrons. The molecule has 4 rings (SSSR count). The number of nitrogens with zero attached hydrogens (tertiary/aromatic N) is 4. The van der Waals surface area contributed by atoms with Crippen LogP contribution in [0.1, 0.15) is 29.4 Å². The Bertz CT molecular complexity index is 1100. The fraction of sp³-hybridized carbons (Fsp3) is 0.348. The van der Waals surface area contributed by atoms with Gasteiger partial charge in [-0.3, -0.25) is 14.5 Å². The van der Waals surface area contributed by atoms with Gasteiger partial charge < -0.3 is 4.90 Å². The van der Waals surface area contributed by atoms with Gasteiger partial charge in [-0.05, 0) is 30.2 Å². The van der Waals surface area contributed by atoms with E-state index in [9.17, 15) is 9.59 Å². The van der Waals surface area contributed by atoms with Crippen molar-refractivity contribution in [3.05, 3.63) is 75.2 Å². The molecule has 156 valence electrons. The predicted molar refractivity (Wildman–Crippen MR) is 119 cm³/mol. The molecule has 1 fully saturated rings. The maximum absolute atomic E-state index is 13.3. The van der Waals surface area contributed by atoms with Crippen LogP contribution in [0.2, 0.25) is 5.02 Å². The molecule has 3 aromatic rings. The topological polar surface area (TPSA) is 58.4 Å². The van der Waals surface area contributed by atoms with Crippen LogP contribution >= 0.6 is 11.6 Å². The standard InChI is InChI=1S/C23H25ClN4O2/c1-2-11-28-22(29)20-6-4-3-5-19(20)21(25-28)23(30)27-14-12-26(13-15-27)16-17-7-9-18(24)10-8-17/h3-10H,2,11-16H2,1H3. The van der Waals surface area contributed by atoms with E-state index in [0.717, 1.165) is 31.1 Å². The summed E-state index contributed by atoms with van der Waals surface area (Å²) in [6, 6.07) is 15.1. The first-order chi connectivity index (χ1) is 14.6. The first kappa shape index (κ1) is 20.6. The van der Waals surface area contributed by atoms with E-state index >= 15 is 0 Å². The molecule has 1 amide bonds. The largest absolute Gasteiger partial charge is 0.335 e. The molecule has 1 aliphatic heterocycles. The van der Waals surface area contributed by atoms with E-state index in [2.05, 4.69) is 10.00 Å². The second-order valence-electron chi connectivity index (χ2n) is 7.62. The number of hydrogen-bond donors (Lipinski definition) is 0. The van der Waals surface area contributed by atoms with Crippen molar-refractivity contribution in [1.29, 1.82) is 0 Å². The molecule has 30 heavy (non-hydrogen) atoms. The lowest BCUT2D eigenvalue weighted by Gasteiger charge is -2.34. The number of aryl methyl sites for hydroxylation is 1. The zero-order valence-corrected chi connectivity index (χ0v) is 17.8. The van der Waals surface area contributed by atoms with Crippen molar-refractivity contribution in [2.75, 3.05) is 26.2 Å². The van der Waals surface area contributed by atoms with Crippen LogP contribution < -0.4 is 5.56 Å². The third-order valence-corrected chi connectivity index (χ3v) is 5.74. The Hall–Kier alpha value is -2.70. The van der Waals surface area contributed by atoms with E-state index < -0.39 is 0 Å². The normalized spacial score (nSPS) is 14.9. The van der Waals surface area contributed by atoms with Gasteiger partial charge in [-0.1, -0.05) is 48.9 Å². The molecule has 1 aliphatic rings. The smallest absolute Gasteiger partial charge is 0.275 e. The summed E-state index contributed by atoms with van der Waals surface area (Å²) in [5.41, 5.74) is 1.43. The molecule has 0 spiro atoms. The lowest BCUT2D eigenvalue weighted by atomic mass is 10.1. The molecule has 6 nitrogen and oxygen atoms in total. The summed E-state index contributed by atoms with van der Waals surface area (Å²) in [5.74, 6) is -0.109. The zero-order valence-electron chi connectivity index (χ0n) is 17.1. The summed E-state index contributed by atoms with van der Waals surface area (Å²) in [6.45, 7) is 6.18.